The first kappa shape index (κ1) is 25.4. The highest BCUT2D eigenvalue weighted by molar-refractivity contribution is 6.48. The number of hydrogen-bond acceptors (Lipinski definition) is 6. The minimum atomic E-state index is -1.72. The van der Waals surface area contributed by atoms with Gasteiger partial charge >= 0.3 is 5.97 Å². The van der Waals surface area contributed by atoms with E-state index in [4.69, 9.17) is 21.3 Å². The molecule has 3 aliphatic rings. The van der Waals surface area contributed by atoms with Crippen molar-refractivity contribution in [2.75, 3.05) is 0 Å². The number of Topliss-reactive ketones (excluding diaryl/α,β-unsaturated/α-hetero) is 1. The summed E-state index contributed by atoms with van der Waals surface area (Å²) in [4.78, 5) is 45.1. The molecule has 0 N–H and O–H groups in total. The van der Waals surface area contributed by atoms with Crippen LogP contribution in [-0.4, -0.2) is 39.5 Å². The number of non-ortho nitro benzene ring substituents is 1. The monoisotopic (exact) mass is 523 g/mol. The van der Waals surface area contributed by atoms with Crippen molar-refractivity contribution in [2.45, 2.75) is 82.0 Å². The molecule has 0 spiro atoms. The molecule has 8 nitrogen and oxygen atoms in total. The van der Waals surface area contributed by atoms with Gasteiger partial charge in [0.1, 0.15) is 0 Å². The van der Waals surface area contributed by atoms with E-state index in [0.717, 1.165) is 57.8 Å². The fourth-order valence-electron chi connectivity index (χ4n) is 5.75. The van der Waals surface area contributed by atoms with E-state index in [2.05, 4.69) is 0 Å². The number of likely N-dealkylation sites (tertiary alicyclic amines) is 1. The van der Waals surface area contributed by atoms with Gasteiger partial charge in [0.05, 0.1) is 16.5 Å². The molecule has 9 heteroatoms. The van der Waals surface area contributed by atoms with Gasteiger partial charge in [-0.2, -0.15) is 0 Å². The number of ether oxygens (including phenoxy) is 1. The zero-order chi connectivity index (χ0) is 26.0. The Bertz CT molecular complexity index is 1200. The zero-order valence-corrected chi connectivity index (χ0v) is 21.4. The van der Waals surface area contributed by atoms with Crippen LogP contribution in [0.2, 0.25) is 5.02 Å². The number of hydrogen-bond donors (Lipinski definition) is 0. The summed E-state index contributed by atoms with van der Waals surface area (Å²) in [5.41, 5.74) is -1.17. The van der Waals surface area contributed by atoms with Gasteiger partial charge in [-0.25, -0.2) is 4.79 Å². The van der Waals surface area contributed by atoms with Gasteiger partial charge in [0.15, 0.2) is 5.84 Å². The third-order valence-corrected chi connectivity index (χ3v) is 7.94. The van der Waals surface area contributed by atoms with Crippen molar-refractivity contribution >= 4 is 34.9 Å². The van der Waals surface area contributed by atoms with Crippen LogP contribution in [0.4, 0.5) is 5.69 Å². The van der Waals surface area contributed by atoms with Crippen LogP contribution in [0.5, 0.6) is 0 Å². The molecule has 1 heterocycles. The van der Waals surface area contributed by atoms with Crippen LogP contribution < -0.4 is 0 Å². The molecule has 2 aliphatic carbocycles. The molecule has 37 heavy (non-hydrogen) atoms. The lowest BCUT2D eigenvalue weighted by Crippen LogP contribution is -2.74. The Hall–Kier alpha value is -3.26. The lowest BCUT2D eigenvalue weighted by atomic mass is 9.81. The molecule has 0 bridgehead atoms. The predicted octanol–water partition coefficient (Wildman–Crippen LogP) is 6.21. The number of halogens is 1. The van der Waals surface area contributed by atoms with Gasteiger partial charge in [0.2, 0.25) is 0 Å². The number of aliphatic imine (C=N–C) groups is 1. The summed E-state index contributed by atoms with van der Waals surface area (Å²) in [6.45, 7) is 0. The Balaban J connectivity index is 1.59. The van der Waals surface area contributed by atoms with Gasteiger partial charge in [0, 0.05) is 28.8 Å². The van der Waals surface area contributed by atoms with Crippen LogP contribution in [-0.2, 0) is 15.3 Å². The molecule has 5 rings (SSSR count). The second-order valence-corrected chi connectivity index (χ2v) is 10.5. The van der Waals surface area contributed by atoms with Crippen molar-refractivity contribution in [3.8, 4) is 0 Å². The maximum Gasteiger partial charge on any atom is 0.340 e. The Labute approximate surface area is 220 Å². The van der Waals surface area contributed by atoms with E-state index >= 15 is 0 Å². The van der Waals surface area contributed by atoms with Gasteiger partial charge in [-0.15, -0.1) is 0 Å². The standard InChI is InChI=1S/C28H30ClN3O5/c29-21-15-11-19(12-16-21)27(34)37-28(20-13-17-24(18-14-20)32(35)36)25(33)26(30-22-7-3-1-4-8-22)31(28)23-9-5-2-6-10-23/h11-18,22-23H,1-10H2. The number of carbonyl (C=O) groups is 2. The van der Waals surface area contributed by atoms with Gasteiger partial charge in [-0.05, 0) is 62.1 Å². The number of carbonyl (C=O) groups excluding carboxylic acids is 2. The summed E-state index contributed by atoms with van der Waals surface area (Å²) in [5, 5.41) is 11.8. The van der Waals surface area contributed by atoms with Crippen molar-refractivity contribution in [3.63, 3.8) is 0 Å². The van der Waals surface area contributed by atoms with Gasteiger partial charge < -0.3 is 9.64 Å². The summed E-state index contributed by atoms with van der Waals surface area (Å²) >= 11 is 6.00. The highest BCUT2D eigenvalue weighted by Crippen LogP contribution is 2.46. The SMILES string of the molecule is O=C(OC1(c2ccc([N+](=O)[O-])cc2)C(=O)C(=NC2CCCCC2)N1C1CCCCC1)c1ccc(Cl)cc1. The van der Waals surface area contributed by atoms with Crippen molar-refractivity contribution in [3.05, 3.63) is 74.8 Å². The van der Waals surface area contributed by atoms with Crippen LogP contribution in [0, 0.1) is 10.1 Å². The van der Waals surface area contributed by atoms with E-state index in [1.165, 1.54) is 30.7 Å². The number of amidine groups is 1. The van der Waals surface area contributed by atoms with Crippen LogP contribution in [0.1, 0.15) is 80.1 Å². The molecule has 1 atom stereocenters. The second kappa shape index (κ2) is 10.6. The number of benzene rings is 2. The normalized spacial score (nSPS) is 24.1. The summed E-state index contributed by atoms with van der Waals surface area (Å²) < 4.78 is 6.13. The molecule has 3 fully saturated rings. The van der Waals surface area contributed by atoms with Crippen LogP contribution in [0.15, 0.2) is 53.5 Å². The van der Waals surface area contributed by atoms with Crippen LogP contribution >= 0.6 is 11.6 Å². The molecule has 194 valence electrons. The van der Waals surface area contributed by atoms with E-state index in [1.54, 1.807) is 24.3 Å². The summed E-state index contributed by atoms with van der Waals surface area (Å²) in [6.07, 6.45) is 10.0. The molecule has 2 aromatic rings. The minimum Gasteiger partial charge on any atom is -0.423 e. The lowest BCUT2D eigenvalue weighted by molar-refractivity contribution is -0.384. The Morgan fingerprint density at radius 2 is 1.54 bits per heavy atom. The minimum absolute atomic E-state index is 0.0259. The highest BCUT2D eigenvalue weighted by Gasteiger charge is 2.65. The summed E-state index contributed by atoms with van der Waals surface area (Å²) in [5.74, 6) is -0.679. The van der Waals surface area contributed by atoms with E-state index in [-0.39, 0.29) is 29.1 Å². The summed E-state index contributed by atoms with van der Waals surface area (Å²) in [6, 6.07) is 12.0. The molecule has 2 saturated carbocycles. The van der Waals surface area contributed by atoms with Crippen LogP contribution in [0.25, 0.3) is 0 Å². The first-order chi connectivity index (χ1) is 17.9. The molecular formula is C28H30ClN3O5. The zero-order valence-electron chi connectivity index (χ0n) is 20.6. The van der Waals surface area contributed by atoms with Crippen LogP contribution in [0.3, 0.4) is 0 Å². The third kappa shape index (κ3) is 4.87. The van der Waals surface area contributed by atoms with Crippen molar-refractivity contribution in [1.82, 2.24) is 4.90 Å². The topological polar surface area (TPSA) is 102 Å². The Kier molecular flexibility index (Phi) is 7.29. The molecule has 0 aromatic heterocycles. The number of ketones is 1. The maximum atomic E-state index is 14.0. The Morgan fingerprint density at radius 1 is 0.946 bits per heavy atom. The molecule has 2 aromatic carbocycles. The fraction of sp³-hybridized carbons (Fsp3) is 0.464. The molecular weight excluding hydrogens is 494 g/mol. The molecule has 1 aliphatic heterocycles. The predicted molar refractivity (Wildman–Crippen MR) is 140 cm³/mol. The average molecular weight is 524 g/mol. The van der Waals surface area contributed by atoms with E-state index in [1.807, 2.05) is 4.90 Å². The molecule has 0 amide bonds. The lowest BCUT2D eigenvalue weighted by Gasteiger charge is -2.55. The number of esters is 1. The molecule has 0 radical (unpaired) electrons. The second-order valence-electron chi connectivity index (χ2n) is 10.1. The fourth-order valence-corrected chi connectivity index (χ4v) is 5.88. The van der Waals surface area contributed by atoms with E-state index in [0.29, 0.717) is 16.4 Å². The van der Waals surface area contributed by atoms with Crippen molar-refractivity contribution < 1.29 is 19.2 Å². The van der Waals surface area contributed by atoms with Crippen molar-refractivity contribution in [2.24, 2.45) is 4.99 Å². The van der Waals surface area contributed by atoms with Gasteiger partial charge in [-0.1, -0.05) is 50.1 Å². The number of nitro groups is 1. The quantitative estimate of drug-likeness (QED) is 0.253. The van der Waals surface area contributed by atoms with E-state index < -0.39 is 16.6 Å². The summed E-state index contributed by atoms with van der Waals surface area (Å²) in [7, 11) is 0. The smallest absolute Gasteiger partial charge is 0.340 e. The molecule has 1 unspecified atom stereocenters. The van der Waals surface area contributed by atoms with Gasteiger partial charge in [0.25, 0.3) is 17.2 Å². The molecule has 1 saturated heterocycles. The first-order valence-electron chi connectivity index (χ1n) is 13.1. The highest BCUT2D eigenvalue weighted by atomic mass is 35.5. The number of nitro benzene ring substituents is 1. The average Bonchev–Trinajstić information content (AvgIpc) is 2.93. The largest absolute Gasteiger partial charge is 0.423 e. The van der Waals surface area contributed by atoms with Gasteiger partial charge in [-0.3, -0.25) is 19.9 Å². The number of rotatable bonds is 6. The van der Waals surface area contributed by atoms with Crippen molar-refractivity contribution in [1.29, 1.82) is 0 Å². The van der Waals surface area contributed by atoms with E-state index in [9.17, 15) is 19.7 Å². The third-order valence-electron chi connectivity index (χ3n) is 7.69. The maximum absolute atomic E-state index is 14.0. The first-order valence-corrected chi connectivity index (χ1v) is 13.4. The Morgan fingerprint density at radius 3 is 2.14 bits per heavy atom. The number of nitrogens with zero attached hydrogens (tertiary/aromatic N) is 3.